The summed E-state index contributed by atoms with van der Waals surface area (Å²) in [7, 11) is 3.88. The summed E-state index contributed by atoms with van der Waals surface area (Å²) < 4.78 is 0. The van der Waals surface area contributed by atoms with Crippen LogP contribution in [0.3, 0.4) is 0 Å². The summed E-state index contributed by atoms with van der Waals surface area (Å²) >= 11 is 0. The van der Waals surface area contributed by atoms with E-state index in [1.54, 1.807) is 0 Å². The Balaban J connectivity index is 3.00. The lowest BCUT2D eigenvalue weighted by atomic mass is 9.90. The first-order valence-electron chi connectivity index (χ1n) is 6.56. The van der Waals surface area contributed by atoms with Gasteiger partial charge in [0.1, 0.15) is 0 Å². The van der Waals surface area contributed by atoms with Gasteiger partial charge in [-0.25, -0.2) is 0 Å². The molecule has 0 N–H and O–H groups in total. The lowest BCUT2D eigenvalue weighted by Crippen LogP contribution is -2.45. The Morgan fingerprint density at radius 2 is 1.89 bits per heavy atom. The first-order chi connectivity index (χ1) is 8.25. The van der Waals surface area contributed by atoms with Crippen molar-refractivity contribution in [2.45, 2.75) is 39.7 Å². The molecule has 1 aromatic rings. The minimum Gasteiger partial charge on any atom is -0.297 e. The summed E-state index contributed by atoms with van der Waals surface area (Å²) in [4.78, 5) is 14.5. The Morgan fingerprint density at radius 3 is 2.39 bits per heavy atom. The quantitative estimate of drug-likeness (QED) is 0.743. The highest BCUT2D eigenvalue weighted by atomic mass is 16.1. The molecule has 1 aromatic carbocycles. The third-order valence-corrected chi connectivity index (χ3v) is 3.51. The third kappa shape index (κ3) is 3.42. The van der Waals surface area contributed by atoms with Gasteiger partial charge < -0.3 is 0 Å². The van der Waals surface area contributed by atoms with Gasteiger partial charge in [0.25, 0.3) is 0 Å². The second-order valence-corrected chi connectivity index (χ2v) is 6.08. The molecule has 0 heterocycles. The van der Waals surface area contributed by atoms with Gasteiger partial charge in [-0.3, -0.25) is 9.69 Å². The highest BCUT2D eigenvalue weighted by Gasteiger charge is 2.30. The zero-order valence-corrected chi connectivity index (χ0v) is 12.4. The van der Waals surface area contributed by atoms with Gasteiger partial charge in [0, 0.05) is 5.56 Å². The van der Waals surface area contributed by atoms with Crippen LogP contribution in [-0.4, -0.2) is 30.3 Å². The number of hydrogen-bond acceptors (Lipinski definition) is 2. The number of Topliss-reactive ketones (excluding diaryl/α,β-unsaturated/α-hetero) is 1. The molecule has 100 valence electrons. The van der Waals surface area contributed by atoms with Gasteiger partial charge in [-0.05, 0) is 51.9 Å². The number of hydrogen-bond donors (Lipinski definition) is 0. The smallest absolute Gasteiger partial charge is 0.182 e. The molecule has 0 unspecified atom stereocenters. The van der Waals surface area contributed by atoms with E-state index in [1.807, 2.05) is 51.0 Å². The molecular formula is C16H25NO. The van der Waals surface area contributed by atoms with Crippen LogP contribution in [0, 0.1) is 5.92 Å². The van der Waals surface area contributed by atoms with Crippen LogP contribution in [0.1, 0.15) is 43.6 Å². The fourth-order valence-corrected chi connectivity index (χ4v) is 1.87. The van der Waals surface area contributed by atoms with Gasteiger partial charge in [-0.1, -0.05) is 32.0 Å². The Labute approximate surface area is 111 Å². The van der Waals surface area contributed by atoms with E-state index in [0.717, 1.165) is 12.0 Å². The Bertz CT molecular complexity index is 419. The van der Waals surface area contributed by atoms with Crippen molar-refractivity contribution in [1.82, 2.24) is 4.90 Å². The van der Waals surface area contributed by atoms with Crippen LogP contribution in [-0.2, 0) is 6.42 Å². The molecule has 0 fully saturated rings. The SMILES string of the molecule is CC(C)Cc1cccc(C(=O)C(C)(C)N(C)C)c1. The van der Waals surface area contributed by atoms with Crippen molar-refractivity contribution >= 4 is 5.78 Å². The predicted octanol–water partition coefficient (Wildman–Crippen LogP) is 3.41. The Morgan fingerprint density at radius 1 is 1.28 bits per heavy atom. The summed E-state index contributed by atoms with van der Waals surface area (Å²) in [5.41, 5.74) is 1.59. The van der Waals surface area contributed by atoms with E-state index >= 15 is 0 Å². The summed E-state index contributed by atoms with van der Waals surface area (Å²) in [5.74, 6) is 0.787. The minimum absolute atomic E-state index is 0.179. The van der Waals surface area contributed by atoms with Crippen molar-refractivity contribution in [3.8, 4) is 0 Å². The zero-order valence-electron chi connectivity index (χ0n) is 12.4. The first kappa shape index (κ1) is 14.9. The fourth-order valence-electron chi connectivity index (χ4n) is 1.87. The monoisotopic (exact) mass is 247 g/mol. The molecule has 0 saturated carbocycles. The number of rotatable bonds is 5. The molecule has 0 amide bonds. The van der Waals surface area contributed by atoms with Gasteiger partial charge >= 0.3 is 0 Å². The maximum absolute atomic E-state index is 12.5. The molecule has 18 heavy (non-hydrogen) atoms. The summed E-state index contributed by atoms with van der Waals surface area (Å²) in [6.07, 6.45) is 1.02. The number of likely N-dealkylation sites (N-methyl/N-ethyl adjacent to an activating group) is 1. The summed E-state index contributed by atoms with van der Waals surface area (Å²) in [5, 5.41) is 0. The second-order valence-electron chi connectivity index (χ2n) is 6.08. The van der Waals surface area contributed by atoms with E-state index in [1.165, 1.54) is 5.56 Å². The molecule has 0 spiro atoms. The molecule has 0 atom stereocenters. The normalized spacial score (nSPS) is 12.2. The molecule has 0 radical (unpaired) electrons. The highest BCUT2D eigenvalue weighted by molar-refractivity contribution is 6.02. The van der Waals surface area contributed by atoms with Gasteiger partial charge in [0.15, 0.2) is 5.78 Å². The summed E-state index contributed by atoms with van der Waals surface area (Å²) in [6, 6.07) is 8.03. The van der Waals surface area contributed by atoms with Gasteiger partial charge in [0.05, 0.1) is 5.54 Å². The highest BCUT2D eigenvalue weighted by Crippen LogP contribution is 2.19. The molecule has 2 nitrogen and oxygen atoms in total. The average Bonchev–Trinajstić information content (AvgIpc) is 2.27. The van der Waals surface area contributed by atoms with Crippen LogP contribution in [0.5, 0.6) is 0 Å². The number of benzene rings is 1. The Hall–Kier alpha value is -1.15. The van der Waals surface area contributed by atoms with Crippen LogP contribution < -0.4 is 0 Å². The van der Waals surface area contributed by atoms with Crippen molar-refractivity contribution in [2.75, 3.05) is 14.1 Å². The maximum Gasteiger partial charge on any atom is 0.182 e. The molecule has 0 bridgehead atoms. The second kappa shape index (κ2) is 5.66. The Kier molecular flexibility index (Phi) is 4.69. The van der Waals surface area contributed by atoms with E-state index in [4.69, 9.17) is 0 Å². The van der Waals surface area contributed by atoms with Crippen molar-refractivity contribution in [3.63, 3.8) is 0 Å². The predicted molar refractivity (Wildman–Crippen MR) is 77.1 cm³/mol. The van der Waals surface area contributed by atoms with E-state index in [2.05, 4.69) is 19.9 Å². The van der Waals surface area contributed by atoms with Crippen molar-refractivity contribution in [1.29, 1.82) is 0 Å². The minimum atomic E-state index is -0.462. The van der Waals surface area contributed by atoms with E-state index in [0.29, 0.717) is 5.92 Å². The van der Waals surface area contributed by atoms with Gasteiger partial charge in [0.2, 0.25) is 0 Å². The van der Waals surface area contributed by atoms with E-state index in [9.17, 15) is 4.79 Å². The summed E-state index contributed by atoms with van der Waals surface area (Å²) in [6.45, 7) is 8.31. The van der Waals surface area contributed by atoms with Crippen molar-refractivity contribution in [3.05, 3.63) is 35.4 Å². The molecule has 0 aromatic heterocycles. The standard InChI is InChI=1S/C16H25NO/c1-12(2)10-13-8-7-9-14(11-13)15(18)16(3,4)17(5)6/h7-9,11-12H,10H2,1-6H3. The molecular weight excluding hydrogens is 222 g/mol. The molecule has 2 heteroatoms. The maximum atomic E-state index is 12.5. The lowest BCUT2D eigenvalue weighted by Gasteiger charge is -2.31. The van der Waals surface area contributed by atoms with Crippen LogP contribution >= 0.6 is 0 Å². The molecule has 0 saturated heterocycles. The third-order valence-electron chi connectivity index (χ3n) is 3.51. The number of carbonyl (C=O) groups excluding carboxylic acids is 1. The van der Waals surface area contributed by atoms with Gasteiger partial charge in [-0.15, -0.1) is 0 Å². The van der Waals surface area contributed by atoms with Crippen LogP contribution in [0.25, 0.3) is 0 Å². The number of nitrogens with zero attached hydrogens (tertiary/aromatic N) is 1. The topological polar surface area (TPSA) is 20.3 Å². The average molecular weight is 247 g/mol. The van der Waals surface area contributed by atoms with Crippen LogP contribution in [0.4, 0.5) is 0 Å². The zero-order chi connectivity index (χ0) is 13.9. The molecule has 0 aliphatic carbocycles. The fraction of sp³-hybridized carbons (Fsp3) is 0.562. The molecule has 0 aliphatic rings. The van der Waals surface area contributed by atoms with Crippen LogP contribution in [0.2, 0.25) is 0 Å². The lowest BCUT2D eigenvalue weighted by molar-refractivity contribution is 0.0755. The van der Waals surface area contributed by atoms with Crippen molar-refractivity contribution < 1.29 is 4.79 Å². The molecule has 0 aliphatic heterocycles. The van der Waals surface area contributed by atoms with Gasteiger partial charge in [-0.2, -0.15) is 0 Å². The number of carbonyl (C=O) groups is 1. The van der Waals surface area contributed by atoms with Crippen LogP contribution in [0.15, 0.2) is 24.3 Å². The molecule has 1 rings (SSSR count). The van der Waals surface area contributed by atoms with Crippen molar-refractivity contribution in [2.24, 2.45) is 5.92 Å². The largest absolute Gasteiger partial charge is 0.297 e. The number of ketones is 1. The first-order valence-corrected chi connectivity index (χ1v) is 6.56. The van der Waals surface area contributed by atoms with E-state index < -0.39 is 5.54 Å². The van der Waals surface area contributed by atoms with E-state index in [-0.39, 0.29) is 5.78 Å².